The number of unbranched alkanes of at least 4 members (excludes halogenated alkanes) is 1. The molecule has 2 nitrogen and oxygen atoms in total. The van der Waals surface area contributed by atoms with Gasteiger partial charge in [0.1, 0.15) is 11.5 Å². The van der Waals surface area contributed by atoms with E-state index in [4.69, 9.17) is 9.15 Å². The van der Waals surface area contributed by atoms with Gasteiger partial charge in [0.2, 0.25) is 0 Å². The summed E-state index contributed by atoms with van der Waals surface area (Å²) in [6.07, 6.45) is 3.94. The molecule has 2 rings (SSSR count). The second-order valence-corrected chi connectivity index (χ2v) is 3.70. The molecule has 0 aliphatic carbocycles. The quantitative estimate of drug-likeness (QED) is 0.701. The second-order valence-electron chi connectivity index (χ2n) is 3.70. The van der Waals surface area contributed by atoms with Crippen molar-refractivity contribution in [3.05, 3.63) is 42.7 Å². The van der Waals surface area contributed by atoms with Gasteiger partial charge in [-0.15, -0.1) is 0 Å². The van der Waals surface area contributed by atoms with Crippen molar-refractivity contribution in [3.63, 3.8) is 0 Å². The summed E-state index contributed by atoms with van der Waals surface area (Å²) in [4.78, 5) is 0. The fraction of sp³-hybridized carbons (Fsp3) is 0.286. The first-order chi connectivity index (χ1) is 7.90. The lowest BCUT2D eigenvalue weighted by atomic mass is 10.2. The zero-order valence-corrected chi connectivity index (χ0v) is 9.48. The monoisotopic (exact) mass is 216 g/mol. The first kappa shape index (κ1) is 10.8. The molecule has 1 aromatic carbocycles. The van der Waals surface area contributed by atoms with Crippen LogP contribution in [0.1, 0.15) is 19.8 Å². The van der Waals surface area contributed by atoms with Crippen LogP contribution < -0.4 is 4.74 Å². The Morgan fingerprint density at radius 1 is 1.12 bits per heavy atom. The molecule has 0 spiro atoms. The van der Waals surface area contributed by atoms with Gasteiger partial charge in [-0.2, -0.15) is 0 Å². The molecule has 84 valence electrons. The van der Waals surface area contributed by atoms with Crippen LogP contribution in [0.3, 0.4) is 0 Å². The summed E-state index contributed by atoms with van der Waals surface area (Å²) < 4.78 is 10.9. The normalized spacial score (nSPS) is 10.3. The lowest BCUT2D eigenvalue weighted by Gasteiger charge is -2.05. The Morgan fingerprint density at radius 2 is 1.94 bits per heavy atom. The summed E-state index contributed by atoms with van der Waals surface area (Å²) in [5.74, 6) is 1.81. The van der Waals surface area contributed by atoms with Crippen molar-refractivity contribution in [1.82, 2.24) is 0 Å². The third-order valence-corrected chi connectivity index (χ3v) is 2.43. The van der Waals surface area contributed by atoms with E-state index in [2.05, 4.69) is 6.92 Å². The first-order valence-corrected chi connectivity index (χ1v) is 5.67. The molecule has 0 fully saturated rings. The second kappa shape index (κ2) is 5.40. The topological polar surface area (TPSA) is 22.4 Å². The van der Waals surface area contributed by atoms with Crippen molar-refractivity contribution >= 4 is 0 Å². The van der Waals surface area contributed by atoms with Crippen LogP contribution in [0.4, 0.5) is 0 Å². The van der Waals surface area contributed by atoms with E-state index in [9.17, 15) is 0 Å². The van der Waals surface area contributed by atoms with Gasteiger partial charge in [0.15, 0.2) is 0 Å². The highest BCUT2D eigenvalue weighted by Crippen LogP contribution is 2.22. The molecule has 16 heavy (non-hydrogen) atoms. The van der Waals surface area contributed by atoms with Gasteiger partial charge in [-0.25, -0.2) is 0 Å². The van der Waals surface area contributed by atoms with Crippen LogP contribution in [-0.2, 0) is 0 Å². The van der Waals surface area contributed by atoms with Gasteiger partial charge in [-0.3, -0.25) is 0 Å². The predicted molar refractivity (Wildman–Crippen MR) is 64.5 cm³/mol. The number of benzene rings is 1. The van der Waals surface area contributed by atoms with Crippen LogP contribution in [-0.4, -0.2) is 6.61 Å². The van der Waals surface area contributed by atoms with E-state index in [0.29, 0.717) is 0 Å². The van der Waals surface area contributed by atoms with E-state index in [-0.39, 0.29) is 0 Å². The minimum Gasteiger partial charge on any atom is -0.494 e. The summed E-state index contributed by atoms with van der Waals surface area (Å²) in [5, 5.41) is 0. The van der Waals surface area contributed by atoms with Crippen LogP contribution in [0, 0.1) is 0 Å². The van der Waals surface area contributed by atoms with Crippen molar-refractivity contribution in [2.75, 3.05) is 6.61 Å². The van der Waals surface area contributed by atoms with Crippen LogP contribution in [0.2, 0.25) is 0 Å². The van der Waals surface area contributed by atoms with Crippen molar-refractivity contribution in [2.24, 2.45) is 0 Å². The molecule has 0 radical (unpaired) electrons. The van der Waals surface area contributed by atoms with Crippen LogP contribution in [0.5, 0.6) is 5.75 Å². The molecule has 0 atom stereocenters. The zero-order chi connectivity index (χ0) is 11.2. The Bertz CT molecular complexity index is 401. The highest BCUT2D eigenvalue weighted by molar-refractivity contribution is 5.58. The Hall–Kier alpha value is -1.70. The Morgan fingerprint density at radius 3 is 2.56 bits per heavy atom. The summed E-state index contributed by atoms with van der Waals surface area (Å²) >= 11 is 0. The molecule has 0 bridgehead atoms. The van der Waals surface area contributed by atoms with Crippen LogP contribution in [0.25, 0.3) is 11.3 Å². The summed E-state index contributed by atoms with van der Waals surface area (Å²) in [6, 6.07) is 11.8. The van der Waals surface area contributed by atoms with Crippen molar-refractivity contribution in [3.8, 4) is 17.1 Å². The fourth-order valence-electron chi connectivity index (χ4n) is 1.49. The number of rotatable bonds is 5. The molecule has 0 saturated heterocycles. The molecule has 0 unspecified atom stereocenters. The van der Waals surface area contributed by atoms with Gasteiger partial charge in [0, 0.05) is 5.56 Å². The summed E-state index contributed by atoms with van der Waals surface area (Å²) in [6.45, 7) is 2.94. The van der Waals surface area contributed by atoms with Gasteiger partial charge in [0.25, 0.3) is 0 Å². The Labute approximate surface area is 95.9 Å². The van der Waals surface area contributed by atoms with Gasteiger partial charge in [-0.05, 0) is 42.8 Å². The van der Waals surface area contributed by atoms with E-state index in [1.165, 1.54) is 0 Å². The predicted octanol–water partition coefficient (Wildman–Crippen LogP) is 4.13. The smallest absolute Gasteiger partial charge is 0.133 e. The van der Waals surface area contributed by atoms with Gasteiger partial charge in [0.05, 0.1) is 12.9 Å². The van der Waals surface area contributed by atoms with E-state index in [0.717, 1.165) is 36.5 Å². The maximum Gasteiger partial charge on any atom is 0.133 e. The fourth-order valence-corrected chi connectivity index (χ4v) is 1.49. The maximum absolute atomic E-state index is 5.59. The van der Waals surface area contributed by atoms with Gasteiger partial charge >= 0.3 is 0 Å². The third kappa shape index (κ3) is 2.66. The Balaban J connectivity index is 2.00. The van der Waals surface area contributed by atoms with Gasteiger partial charge < -0.3 is 9.15 Å². The summed E-state index contributed by atoms with van der Waals surface area (Å²) in [7, 11) is 0. The highest BCUT2D eigenvalue weighted by Gasteiger charge is 2.00. The molecule has 1 aromatic heterocycles. The lowest BCUT2D eigenvalue weighted by molar-refractivity contribution is 0.309. The molecule has 0 aliphatic heterocycles. The molecule has 0 N–H and O–H groups in total. The molecule has 1 heterocycles. The van der Waals surface area contributed by atoms with Crippen LogP contribution >= 0.6 is 0 Å². The number of ether oxygens (including phenoxy) is 1. The molecule has 0 saturated carbocycles. The first-order valence-electron chi connectivity index (χ1n) is 5.67. The minimum atomic E-state index is 0.788. The number of hydrogen-bond acceptors (Lipinski definition) is 2. The molecule has 2 aromatic rings. The molecular formula is C14H16O2. The number of furan rings is 1. The van der Waals surface area contributed by atoms with Crippen molar-refractivity contribution < 1.29 is 9.15 Å². The Kier molecular flexibility index (Phi) is 3.65. The minimum absolute atomic E-state index is 0.788. The van der Waals surface area contributed by atoms with Crippen molar-refractivity contribution in [1.29, 1.82) is 0 Å². The average Bonchev–Trinajstić information content (AvgIpc) is 2.84. The van der Waals surface area contributed by atoms with Crippen LogP contribution in [0.15, 0.2) is 47.1 Å². The summed E-state index contributed by atoms with van der Waals surface area (Å²) in [5.41, 5.74) is 1.08. The average molecular weight is 216 g/mol. The van der Waals surface area contributed by atoms with E-state index >= 15 is 0 Å². The van der Waals surface area contributed by atoms with E-state index in [1.807, 2.05) is 36.4 Å². The lowest BCUT2D eigenvalue weighted by Crippen LogP contribution is -1.95. The largest absolute Gasteiger partial charge is 0.494 e. The van der Waals surface area contributed by atoms with Crippen molar-refractivity contribution in [2.45, 2.75) is 19.8 Å². The zero-order valence-electron chi connectivity index (χ0n) is 9.48. The number of hydrogen-bond donors (Lipinski definition) is 0. The van der Waals surface area contributed by atoms with Gasteiger partial charge in [-0.1, -0.05) is 13.3 Å². The third-order valence-electron chi connectivity index (χ3n) is 2.43. The SMILES string of the molecule is CCCCOc1ccc(-c2ccco2)cc1. The maximum atomic E-state index is 5.59. The molecule has 0 amide bonds. The standard InChI is InChI=1S/C14H16O2/c1-2-3-10-15-13-8-6-12(7-9-13)14-5-4-11-16-14/h4-9,11H,2-3,10H2,1H3. The highest BCUT2D eigenvalue weighted by atomic mass is 16.5. The van der Waals surface area contributed by atoms with E-state index < -0.39 is 0 Å². The van der Waals surface area contributed by atoms with E-state index in [1.54, 1.807) is 6.26 Å². The molecule has 2 heteroatoms. The molecule has 0 aliphatic rings. The molecular weight excluding hydrogens is 200 g/mol.